The van der Waals surface area contributed by atoms with Crippen molar-refractivity contribution in [1.82, 2.24) is 29.9 Å². The smallest absolute Gasteiger partial charge is 0.249 e. The summed E-state index contributed by atoms with van der Waals surface area (Å²) in [4.78, 5) is 7.73. The topological polar surface area (TPSA) is 85.4 Å². The van der Waals surface area contributed by atoms with E-state index < -0.39 is 0 Å². The standard InChI is InChI=1S/C22H20N6O/c1-3-17(14-7-5-4-6-8-14)21-26-27-22(29-21)19-12-24-20-18(19)9-15(10-23-20)16-11-25-28(2)13-16/h4-13,17H,3H2,1-2H3,(H,23,24)/t17-/m0/s1. The minimum absolute atomic E-state index is 0.0757. The summed E-state index contributed by atoms with van der Waals surface area (Å²) in [6.45, 7) is 2.12. The van der Waals surface area contributed by atoms with Crippen molar-refractivity contribution in [1.29, 1.82) is 0 Å². The summed E-state index contributed by atoms with van der Waals surface area (Å²) in [5.74, 6) is 1.19. The van der Waals surface area contributed by atoms with Gasteiger partial charge in [-0.05, 0) is 18.1 Å². The molecule has 0 saturated carbocycles. The number of benzene rings is 1. The fraction of sp³-hybridized carbons (Fsp3) is 0.182. The SMILES string of the molecule is CC[C@@H](c1ccccc1)c1nnc(-c2c[nH]c3ncc(-c4cnn(C)c4)cc23)o1. The zero-order valence-corrected chi connectivity index (χ0v) is 16.2. The molecular formula is C22H20N6O. The minimum atomic E-state index is 0.0757. The highest BCUT2D eigenvalue weighted by Crippen LogP contribution is 2.33. The lowest BCUT2D eigenvalue weighted by atomic mass is 9.97. The lowest BCUT2D eigenvalue weighted by Gasteiger charge is -2.10. The second-order valence-electron chi connectivity index (χ2n) is 7.04. The second kappa shape index (κ2) is 7.01. The lowest BCUT2D eigenvalue weighted by Crippen LogP contribution is -1.99. The highest BCUT2D eigenvalue weighted by Gasteiger charge is 2.21. The molecule has 0 saturated heterocycles. The number of aromatic amines is 1. The number of aromatic nitrogens is 6. The number of rotatable bonds is 5. The second-order valence-corrected chi connectivity index (χ2v) is 7.04. The molecule has 7 heteroatoms. The van der Waals surface area contributed by atoms with Crippen molar-refractivity contribution < 1.29 is 4.42 Å². The number of aryl methyl sites for hydroxylation is 1. The molecular weight excluding hydrogens is 364 g/mol. The zero-order valence-electron chi connectivity index (χ0n) is 16.2. The van der Waals surface area contributed by atoms with Crippen LogP contribution in [0.25, 0.3) is 33.6 Å². The van der Waals surface area contributed by atoms with Crippen LogP contribution < -0.4 is 0 Å². The zero-order chi connectivity index (χ0) is 19.8. The lowest BCUT2D eigenvalue weighted by molar-refractivity contribution is 0.474. The first kappa shape index (κ1) is 17.4. The first-order valence-corrected chi connectivity index (χ1v) is 9.57. The third-order valence-electron chi connectivity index (χ3n) is 5.15. The van der Waals surface area contributed by atoms with E-state index in [4.69, 9.17) is 4.42 Å². The molecule has 0 aliphatic carbocycles. The Morgan fingerprint density at radius 1 is 1.10 bits per heavy atom. The minimum Gasteiger partial charge on any atom is -0.420 e. The van der Waals surface area contributed by atoms with Gasteiger partial charge in [0.1, 0.15) is 5.65 Å². The molecule has 1 aromatic carbocycles. The van der Waals surface area contributed by atoms with Crippen LogP contribution in [0, 0.1) is 0 Å². The number of hydrogen-bond donors (Lipinski definition) is 1. The maximum atomic E-state index is 6.11. The molecule has 0 unspecified atom stereocenters. The Kier molecular flexibility index (Phi) is 4.20. The maximum absolute atomic E-state index is 6.11. The van der Waals surface area contributed by atoms with Gasteiger partial charge in [-0.3, -0.25) is 4.68 Å². The van der Waals surface area contributed by atoms with Gasteiger partial charge in [0.05, 0.1) is 17.7 Å². The molecule has 0 amide bonds. The molecule has 0 aliphatic heterocycles. The first-order chi connectivity index (χ1) is 14.2. The average Bonchev–Trinajstić information content (AvgIpc) is 3.48. The maximum Gasteiger partial charge on any atom is 0.249 e. The Morgan fingerprint density at radius 3 is 2.72 bits per heavy atom. The molecule has 4 heterocycles. The number of H-pyrrole nitrogens is 1. The largest absolute Gasteiger partial charge is 0.420 e. The van der Waals surface area contributed by atoms with Crippen LogP contribution in [0.2, 0.25) is 0 Å². The molecule has 29 heavy (non-hydrogen) atoms. The van der Waals surface area contributed by atoms with Gasteiger partial charge in [-0.2, -0.15) is 5.10 Å². The number of nitrogens with one attached hydrogen (secondary N) is 1. The molecule has 0 radical (unpaired) electrons. The Morgan fingerprint density at radius 2 is 1.97 bits per heavy atom. The van der Waals surface area contributed by atoms with E-state index in [0.29, 0.717) is 11.8 Å². The summed E-state index contributed by atoms with van der Waals surface area (Å²) in [6, 6.07) is 12.3. The van der Waals surface area contributed by atoms with Crippen molar-refractivity contribution in [3.8, 4) is 22.6 Å². The van der Waals surface area contributed by atoms with Crippen LogP contribution in [-0.2, 0) is 7.05 Å². The van der Waals surface area contributed by atoms with Crippen molar-refractivity contribution in [3.63, 3.8) is 0 Å². The quantitative estimate of drug-likeness (QED) is 0.480. The number of hydrogen-bond acceptors (Lipinski definition) is 5. The molecule has 4 aromatic heterocycles. The van der Waals surface area contributed by atoms with Crippen molar-refractivity contribution in [2.75, 3.05) is 0 Å². The van der Waals surface area contributed by atoms with Crippen LogP contribution in [0.3, 0.4) is 0 Å². The molecule has 5 aromatic rings. The fourth-order valence-corrected chi connectivity index (χ4v) is 3.63. The van der Waals surface area contributed by atoms with Gasteiger partial charge in [-0.15, -0.1) is 10.2 Å². The van der Waals surface area contributed by atoms with Crippen LogP contribution in [-0.4, -0.2) is 29.9 Å². The normalized spacial score (nSPS) is 12.5. The van der Waals surface area contributed by atoms with Gasteiger partial charge in [0.2, 0.25) is 11.8 Å². The van der Waals surface area contributed by atoms with Crippen molar-refractivity contribution in [2.45, 2.75) is 19.3 Å². The number of nitrogens with zero attached hydrogens (tertiary/aromatic N) is 5. The Balaban J connectivity index is 1.54. The predicted octanol–water partition coefficient (Wildman–Crippen LogP) is 4.56. The van der Waals surface area contributed by atoms with Gasteiger partial charge in [-0.1, -0.05) is 37.3 Å². The van der Waals surface area contributed by atoms with Crippen molar-refractivity contribution >= 4 is 11.0 Å². The third kappa shape index (κ3) is 3.10. The molecule has 1 N–H and O–H groups in total. The number of pyridine rings is 1. The highest BCUT2D eigenvalue weighted by atomic mass is 16.4. The summed E-state index contributed by atoms with van der Waals surface area (Å²) in [5, 5.41) is 13.9. The average molecular weight is 384 g/mol. The third-order valence-corrected chi connectivity index (χ3v) is 5.15. The van der Waals surface area contributed by atoms with Crippen LogP contribution in [0.4, 0.5) is 0 Å². The summed E-state index contributed by atoms with van der Waals surface area (Å²) < 4.78 is 7.88. The Hall–Kier alpha value is -3.74. The molecule has 0 fully saturated rings. The number of fused-ring (bicyclic) bond motifs is 1. The Bertz CT molecular complexity index is 1270. The first-order valence-electron chi connectivity index (χ1n) is 9.57. The van der Waals surface area contributed by atoms with Crippen LogP contribution in [0.15, 0.2) is 65.6 Å². The fourth-order valence-electron chi connectivity index (χ4n) is 3.63. The van der Waals surface area contributed by atoms with Gasteiger partial charge in [0.15, 0.2) is 0 Å². The van der Waals surface area contributed by atoms with E-state index in [2.05, 4.69) is 50.4 Å². The molecule has 7 nitrogen and oxygen atoms in total. The monoisotopic (exact) mass is 384 g/mol. The van der Waals surface area contributed by atoms with E-state index >= 15 is 0 Å². The van der Waals surface area contributed by atoms with Crippen molar-refractivity contribution in [3.05, 3.63) is 72.6 Å². The van der Waals surface area contributed by atoms with Gasteiger partial charge in [0, 0.05) is 42.2 Å². The summed E-state index contributed by atoms with van der Waals surface area (Å²) in [7, 11) is 1.90. The van der Waals surface area contributed by atoms with E-state index in [-0.39, 0.29) is 5.92 Å². The van der Waals surface area contributed by atoms with Gasteiger partial charge in [0.25, 0.3) is 0 Å². The van der Waals surface area contributed by atoms with E-state index in [1.807, 2.05) is 50.0 Å². The van der Waals surface area contributed by atoms with Crippen LogP contribution in [0.5, 0.6) is 0 Å². The van der Waals surface area contributed by atoms with E-state index in [9.17, 15) is 0 Å². The van der Waals surface area contributed by atoms with Gasteiger partial charge in [-0.25, -0.2) is 4.98 Å². The predicted molar refractivity (Wildman–Crippen MR) is 110 cm³/mol. The molecule has 0 aliphatic rings. The van der Waals surface area contributed by atoms with E-state index in [1.165, 1.54) is 5.56 Å². The van der Waals surface area contributed by atoms with Crippen LogP contribution in [0.1, 0.15) is 30.7 Å². The van der Waals surface area contributed by atoms with Crippen molar-refractivity contribution in [2.24, 2.45) is 7.05 Å². The molecule has 5 rings (SSSR count). The summed E-state index contributed by atoms with van der Waals surface area (Å²) >= 11 is 0. The molecule has 144 valence electrons. The highest BCUT2D eigenvalue weighted by molar-refractivity contribution is 5.93. The summed E-state index contributed by atoms with van der Waals surface area (Å²) in [6.07, 6.45) is 8.37. The molecule has 0 spiro atoms. The van der Waals surface area contributed by atoms with Gasteiger partial charge < -0.3 is 9.40 Å². The molecule has 0 bridgehead atoms. The Labute approximate surface area is 167 Å². The summed E-state index contributed by atoms with van der Waals surface area (Å²) in [5.41, 5.74) is 4.80. The van der Waals surface area contributed by atoms with Crippen LogP contribution >= 0.6 is 0 Å². The van der Waals surface area contributed by atoms with Gasteiger partial charge >= 0.3 is 0 Å². The van der Waals surface area contributed by atoms with E-state index in [0.717, 1.165) is 34.1 Å². The molecule has 1 atom stereocenters. The van der Waals surface area contributed by atoms with E-state index in [1.54, 1.807) is 4.68 Å².